The third-order valence-corrected chi connectivity index (χ3v) is 8.94. The minimum Gasteiger partial charge on any atom is -0.399 e. The molecule has 0 bridgehead atoms. The van der Waals surface area contributed by atoms with Gasteiger partial charge >= 0.3 is 0 Å². The fourth-order valence-corrected chi connectivity index (χ4v) is 6.78. The SMILES string of the molecule is Nc1ccc(-c2c(-c3ccccc3)c(-c3ccccc3)c(N)c(-c3ccc4ccccc4c3)c2-c2ccc3ccccc3c2)cc1. The van der Waals surface area contributed by atoms with Gasteiger partial charge in [0.05, 0.1) is 0 Å². The zero-order chi connectivity index (χ0) is 31.0. The number of fused-ring (bicyclic) bond motifs is 2. The Morgan fingerprint density at radius 3 is 1.15 bits per heavy atom. The summed E-state index contributed by atoms with van der Waals surface area (Å²) in [5.74, 6) is 0. The van der Waals surface area contributed by atoms with Crippen LogP contribution in [0.15, 0.2) is 170 Å². The molecule has 0 fully saturated rings. The first-order chi connectivity index (χ1) is 22.7. The number of benzene rings is 8. The van der Waals surface area contributed by atoms with Gasteiger partial charge in [0.25, 0.3) is 0 Å². The van der Waals surface area contributed by atoms with E-state index in [9.17, 15) is 0 Å². The van der Waals surface area contributed by atoms with Crippen LogP contribution in [0.2, 0.25) is 0 Å². The molecule has 0 aliphatic heterocycles. The van der Waals surface area contributed by atoms with E-state index < -0.39 is 0 Å². The number of nitrogen functional groups attached to an aromatic ring is 2. The molecule has 0 atom stereocenters. The number of anilines is 2. The molecule has 0 heterocycles. The van der Waals surface area contributed by atoms with Crippen molar-refractivity contribution in [3.05, 3.63) is 170 Å². The summed E-state index contributed by atoms with van der Waals surface area (Å²) >= 11 is 0. The number of hydrogen-bond acceptors (Lipinski definition) is 2. The van der Waals surface area contributed by atoms with Crippen molar-refractivity contribution in [2.75, 3.05) is 11.5 Å². The molecular weight excluding hydrogens is 556 g/mol. The first-order valence-corrected chi connectivity index (χ1v) is 15.6. The monoisotopic (exact) mass is 588 g/mol. The lowest BCUT2D eigenvalue weighted by molar-refractivity contribution is 1.53. The van der Waals surface area contributed by atoms with Crippen molar-refractivity contribution in [3.63, 3.8) is 0 Å². The molecule has 0 radical (unpaired) electrons. The molecule has 0 amide bonds. The van der Waals surface area contributed by atoms with Crippen LogP contribution in [0.1, 0.15) is 0 Å². The Morgan fingerprint density at radius 1 is 0.261 bits per heavy atom. The molecule has 8 aromatic rings. The molecule has 8 rings (SSSR count). The lowest BCUT2D eigenvalue weighted by Gasteiger charge is -2.27. The van der Waals surface area contributed by atoms with E-state index in [1.54, 1.807) is 0 Å². The van der Waals surface area contributed by atoms with E-state index in [0.29, 0.717) is 0 Å². The van der Waals surface area contributed by atoms with E-state index in [-0.39, 0.29) is 0 Å². The average Bonchev–Trinajstić information content (AvgIpc) is 3.12. The van der Waals surface area contributed by atoms with Crippen molar-refractivity contribution in [2.45, 2.75) is 0 Å². The van der Waals surface area contributed by atoms with Crippen molar-refractivity contribution in [1.29, 1.82) is 0 Å². The van der Waals surface area contributed by atoms with Crippen LogP contribution in [-0.2, 0) is 0 Å². The van der Waals surface area contributed by atoms with E-state index in [1.165, 1.54) is 21.5 Å². The topological polar surface area (TPSA) is 52.0 Å². The minimum absolute atomic E-state index is 0.728. The largest absolute Gasteiger partial charge is 0.399 e. The second-order valence-electron chi connectivity index (χ2n) is 11.8. The van der Waals surface area contributed by atoms with Gasteiger partial charge in [0.1, 0.15) is 0 Å². The van der Waals surface area contributed by atoms with Crippen molar-refractivity contribution in [1.82, 2.24) is 0 Å². The van der Waals surface area contributed by atoms with Gasteiger partial charge in [-0.2, -0.15) is 0 Å². The maximum absolute atomic E-state index is 7.53. The molecule has 8 aromatic carbocycles. The minimum atomic E-state index is 0.728. The molecule has 0 saturated carbocycles. The Kier molecular flexibility index (Phi) is 6.81. The van der Waals surface area contributed by atoms with Gasteiger partial charge in [0.15, 0.2) is 0 Å². The molecule has 2 nitrogen and oxygen atoms in total. The fraction of sp³-hybridized carbons (Fsp3) is 0. The van der Waals surface area contributed by atoms with Gasteiger partial charge in [-0.3, -0.25) is 0 Å². The zero-order valence-electron chi connectivity index (χ0n) is 25.3. The molecular formula is C44H32N2. The molecule has 0 aliphatic rings. The molecule has 0 aromatic heterocycles. The van der Waals surface area contributed by atoms with Crippen LogP contribution in [0, 0.1) is 0 Å². The fourth-order valence-electron chi connectivity index (χ4n) is 6.78. The number of nitrogens with two attached hydrogens (primary N) is 2. The van der Waals surface area contributed by atoms with Gasteiger partial charge in [-0.15, -0.1) is 0 Å². The summed E-state index contributed by atoms with van der Waals surface area (Å²) in [4.78, 5) is 0. The summed E-state index contributed by atoms with van der Waals surface area (Å²) in [6.07, 6.45) is 0. The summed E-state index contributed by atoms with van der Waals surface area (Å²) < 4.78 is 0. The number of rotatable bonds is 5. The van der Waals surface area contributed by atoms with E-state index in [2.05, 4.69) is 158 Å². The summed E-state index contributed by atoms with van der Waals surface area (Å²) in [5.41, 5.74) is 26.1. The van der Waals surface area contributed by atoms with Gasteiger partial charge in [-0.05, 0) is 79.2 Å². The van der Waals surface area contributed by atoms with Crippen LogP contribution in [-0.4, -0.2) is 0 Å². The van der Waals surface area contributed by atoms with Crippen molar-refractivity contribution < 1.29 is 0 Å². The third kappa shape index (κ3) is 4.77. The summed E-state index contributed by atoms with van der Waals surface area (Å²) in [7, 11) is 0. The smallest absolute Gasteiger partial charge is 0.0486 e. The van der Waals surface area contributed by atoms with Crippen LogP contribution >= 0.6 is 0 Å². The van der Waals surface area contributed by atoms with Gasteiger partial charge in [-0.25, -0.2) is 0 Å². The van der Waals surface area contributed by atoms with Crippen LogP contribution in [0.25, 0.3) is 77.2 Å². The highest BCUT2D eigenvalue weighted by molar-refractivity contribution is 6.14. The molecule has 2 heteroatoms. The number of hydrogen-bond donors (Lipinski definition) is 2. The second-order valence-corrected chi connectivity index (χ2v) is 11.8. The van der Waals surface area contributed by atoms with Gasteiger partial charge in [-0.1, -0.05) is 146 Å². The Labute approximate surface area is 269 Å². The highest BCUT2D eigenvalue weighted by atomic mass is 14.6. The van der Waals surface area contributed by atoms with Crippen molar-refractivity contribution in [3.8, 4) is 55.6 Å². The predicted molar refractivity (Wildman–Crippen MR) is 197 cm³/mol. The van der Waals surface area contributed by atoms with Crippen molar-refractivity contribution in [2.24, 2.45) is 0 Å². The van der Waals surface area contributed by atoms with Crippen molar-refractivity contribution >= 4 is 32.9 Å². The Balaban J connectivity index is 1.61. The van der Waals surface area contributed by atoms with E-state index in [4.69, 9.17) is 11.5 Å². The summed E-state index contributed by atoms with van der Waals surface area (Å²) in [5, 5.41) is 4.75. The zero-order valence-corrected chi connectivity index (χ0v) is 25.3. The predicted octanol–water partition coefficient (Wildman–Crippen LogP) is 11.5. The van der Waals surface area contributed by atoms with Gasteiger partial charge in [0, 0.05) is 33.6 Å². The molecule has 0 spiro atoms. The molecule has 0 unspecified atom stereocenters. The summed E-state index contributed by atoms with van der Waals surface area (Å²) in [6, 6.07) is 59.8. The maximum atomic E-state index is 7.53. The standard InChI is InChI=1S/C44H32N2/c45-38-25-23-33(24-26-38)39-40(31-13-3-1-4-14-31)42(32-15-5-2-6-16-32)44(46)43(37-22-20-30-12-8-10-18-35(30)28-37)41(39)36-21-19-29-11-7-9-17-34(29)27-36/h1-28H,45-46H2. The van der Waals surface area contributed by atoms with E-state index in [1.807, 2.05) is 12.1 Å². The Morgan fingerprint density at radius 2 is 0.609 bits per heavy atom. The highest BCUT2D eigenvalue weighted by Crippen LogP contribution is 2.54. The molecule has 0 aliphatic carbocycles. The highest BCUT2D eigenvalue weighted by Gasteiger charge is 2.27. The Bertz CT molecular complexity index is 2360. The van der Waals surface area contributed by atoms with Crippen LogP contribution < -0.4 is 11.5 Å². The summed E-state index contributed by atoms with van der Waals surface area (Å²) in [6.45, 7) is 0. The first-order valence-electron chi connectivity index (χ1n) is 15.6. The molecule has 0 saturated heterocycles. The average molecular weight is 589 g/mol. The maximum Gasteiger partial charge on any atom is 0.0486 e. The van der Waals surface area contributed by atoms with Crippen LogP contribution in [0.4, 0.5) is 11.4 Å². The van der Waals surface area contributed by atoms with Crippen LogP contribution in [0.3, 0.4) is 0 Å². The van der Waals surface area contributed by atoms with E-state index >= 15 is 0 Å². The van der Waals surface area contributed by atoms with Gasteiger partial charge in [0.2, 0.25) is 0 Å². The van der Waals surface area contributed by atoms with Gasteiger partial charge < -0.3 is 11.5 Å². The first kappa shape index (κ1) is 27.4. The quantitative estimate of drug-likeness (QED) is 0.197. The normalized spacial score (nSPS) is 11.2. The Hall–Kier alpha value is -6.12. The molecule has 46 heavy (non-hydrogen) atoms. The molecule has 218 valence electrons. The molecule has 4 N–H and O–H groups in total. The lowest BCUT2D eigenvalue weighted by Crippen LogP contribution is -2.04. The van der Waals surface area contributed by atoms with E-state index in [0.717, 1.165) is 67.0 Å². The lowest BCUT2D eigenvalue weighted by atomic mass is 9.77. The second kappa shape index (κ2) is 11.4. The third-order valence-electron chi connectivity index (χ3n) is 8.94. The van der Waals surface area contributed by atoms with Crippen LogP contribution in [0.5, 0.6) is 0 Å².